The molecule has 20 heavy (non-hydrogen) atoms. The number of Topliss-reactive ketones (excluding diaryl/α,β-unsaturated/α-hetero) is 1. The molecule has 0 heterocycles. The van der Waals surface area contributed by atoms with Crippen LogP contribution in [0.3, 0.4) is 0 Å². The maximum atomic E-state index is 13.8. The lowest BCUT2D eigenvalue weighted by molar-refractivity contribution is 0.0972. The first-order valence-electron chi connectivity index (χ1n) is 6.30. The third-order valence-corrected chi connectivity index (χ3v) is 3.65. The lowest BCUT2D eigenvalue weighted by Crippen LogP contribution is -2.07. The SMILES string of the molecule is O=C(CCCc1ccccc1)c1c(F)ccc(Br)c1F. The third kappa shape index (κ3) is 3.51. The van der Waals surface area contributed by atoms with E-state index in [1.807, 2.05) is 30.3 Å². The lowest BCUT2D eigenvalue weighted by Gasteiger charge is -2.06. The zero-order valence-corrected chi connectivity index (χ0v) is 12.3. The van der Waals surface area contributed by atoms with Gasteiger partial charge in [-0.05, 0) is 46.5 Å². The summed E-state index contributed by atoms with van der Waals surface area (Å²) in [6.45, 7) is 0. The average molecular weight is 339 g/mol. The first-order valence-corrected chi connectivity index (χ1v) is 7.09. The highest BCUT2D eigenvalue weighted by Gasteiger charge is 2.19. The van der Waals surface area contributed by atoms with E-state index < -0.39 is 23.0 Å². The van der Waals surface area contributed by atoms with Gasteiger partial charge in [-0.1, -0.05) is 30.3 Å². The van der Waals surface area contributed by atoms with Crippen LogP contribution in [-0.4, -0.2) is 5.78 Å². The van der Waals surface area contributed by atoms with Gasteiger partial charge in [0, 0.05) is 6.42 Å². The molecule has 4 heteroatoms. The largest absolute Gasteiger partial charge is 0.294 e. The summed E-state index contributed by atoms with van der Waals surface area (Å²) in [4.78, 5) is 11.9. The van der Waals surface area contributed by atoms with Crippen molar-refractivity contribution in [2.45, 2.75) is 19.3 Å². The van der Waals surface area contributed by atoms with Crippen molar-refractivity contribution >= 4 is 21.7 Å². The van der Waals surface area contributed by atoms with Gasteiger partial charge in [-0.2, -0.15) is 0 Å². The van der Waals surface area contributed by atoms with Crippen LogP contribution in [0.1, 0.15) is 28.8 Å². The summed E-state index contributed by atoms with van der Waals surface area (Å²) in [6.07, 6.45) is 1.40. The smallest absolute Gasteiger partial charge is 0.168 e. The normalized spacial score (nSPS) is 10.6. The Hall–Kier alpha value is -1.55. The Morgan fingerprint density at radius 1 is 1.05 bits per heavy atom. The van der Waals surface area contributed by atoms with Crippen LogP contribution < -0.4 is 0 Å². The standard InChI is InChI=1S/C16H13BrF2O/c17-12-9-10-13(18)15(16(12)19)14(20)8-4-7-11-5-2-1-3-6-11/h1-3,5-6,9-10H,4,7-8H2. The van der Waals surface area contributed by atoms with Crippen molar-refractivity contribution in [1.82, 2.24) is 0 Å². The Morgan fingerprint density at radius 3 is 2.45 bits per heavy atom. The first kappa shape index (κ1) is 14.9. The Bertz CT molecular complexity index is 611. The Morgan fingerprint density at radius 2 is 1.75 bits per heavy atom. The first-order chi connectivity index (χ1) is 9.59. The van der Waals surface area contributed by atoms with E-state index >= 15 is 0 Å². The fraction of sp³-hybridized carbons (Fsp3) is 0.188. The monoisotopic (exact) mass is 338 g/mol. The second kappa shape index (κ2) is 6.75. The van der Waals surface area contributed by atoms with Gasteiger partial charge in [0.05, 0.1) is 10.0 Å². The fourth-order valence-corrected chi connectivity index (χ4v) is 2.34. The van der Waals surface area contributed by atoms with Gasteiger partial charge in [-0.25, -0.2) is 8.78 Å². The quantitative estimate of drug-likeness (QED) is 0.557. The molecule has 0 saturated carbocycles. The van der Waals surface area contributed by atoms with Gasteiger partial charge in [0.2, 0.25) is 0 Å². The zero-order chi connectivity index (χ0) is 14.5. The summed E-state index contributed by atoms with van der Waals surface area (Å²) >= 11 is 2.96. The molecule has 0 N–H and O–H groups in total. The maximum absolute atomic E-state index is 13.8. The summed E-state index contributed by atoms with van der Waals surface area (Å²) in [5.41, 5.74) is 0.655. The Balaban J connectivity index is 2.01. The minimum atomic E-state index is -0.824. The Labute approximate surface area is 124 Å². The minimum absolute atomic E-state index is 0.102. The number of hydrogen-bond donors (Lipinski definition) is 0. The highest BCUT2D eigenvalue weighted by molar-refractivity contribution is 9.10. The number of halogens is 3. The molecule has 0 bridgehead atoms. The Kier molecular flexibility index (Phi) is 5.01. The molecular formula is C16H13BrF2O. The molecule has 0 amide bonds. The molecule has 0 radical (unpaired) electrons. The van der Waals surface area contributed by atoms with Crippen molar-refractivity contribution in [2.75, 3.05) is 0 Å². The molecule has 1 nitrogen and oxygen atoms in total. The van der Waals surface area contributed by atoms with Crippen molar-refractivity contribution < 1.29 is 13.6 Å². The summed E-state index contributed by atoms with van der Waals surface area (Å²) in [6, 6.07) is 12.0. The van der Waals surface area contributed by atoms with Crippen LogP contribution in [0.15, 0.2) is 46.9 Å². The number of ketones is 1. The van der Waals surface area contributed by atoms with Gasteiger partial charge in [0.1, 0.15) is 5.82 Å². The molecular weight excluding hydrogens is 326 g/mol. The van der Waals surface area contributed by atoms with E-state index in [9.17, 15) is 13.6 Å². The van der Waals surface area contributed by atoms with Crippen molar-refractivity contribution in [3.8, 4) is 0 Å². The van der Waals surface area contributed by atoms with Crippen molar-refractivity contribution in [1.29, 1.82) is 0 Å². The van der Waals surface area contributed by atoms with Gasteiger partial charge in [0.25, 0.3) is 0 Å². The molecule has 2 aromatic carbocycles. The zero-order valence-electron chi connectivity index (χ0n) is 10.7. The highest BCUT2D eigenvalue weighted by atomic mass is 79.9. The molecule has 2 aromatic rings. The van der Waals surface area contributed by atoms with Gasteiger partial charge in [-0.15, -0.1) is 0 Å². The van der Waals surface area contributed by atoms with Crippen LogP contribution in [0.5, 0.6) is 0 Å². The summed E-state index contributed by atoms with van der Waals surface area (Å²) in [7, 11) is 0. The molecule has 0 aliphatic carbocycles. The van der Waals surface area contributed by atoms with Gasteiger partial charge in [-0.3, -0.25) is 4.79 Å². The van der Waals surface area contributed by atoms with E-state index in [1.54, 1.807) is 0 Å². The molecule has 0 aromatic heterocycles. The number of hydrogen-bond acceptors (Lipinski definition) is 1. The van der Waals surface area contributed by atoms with Crippen molar-refractivity contribution in [2.24, 2.45) is 0 Å². The maximum Gasteiger partial charge on any atom is 0.168 e. The molecule has 0 fully saturated rings. The molecule has 0 spiro atoms. The van der Waals surface area contributed by atoms with E-state index in [-0.39, 0.29) is 10.9 Å². The van der Waals surface area contributed by atoms with Gasteiger partial charge in [0.15, 0.2) is 11.6 Å². The fourth-order valence-electron chi connectivity index (χ4n) is 2.01. The molecule has 0 saturated heterocycles. The molecule has 0 unspecified atom stereocenters. The number of carbonyl (C=O) groups excluding carboxylic acids is 1. The summed E-state index contributed by atoms with van der Waals surface area (Å²) < 4.78 is 27.4. The number of carbonyl (C=O) groups is 1. The predicted molar refractivity (Wildman–Crippen MR) is 77.8 cm³/mol. The molecule has 2 rings (SSSR count). The lowest BCUT2D eigenvalue weighted by atomic mass is 10.0. The minimum Gasteiger partial charge on any atom is -0.294 e. The van der Waals surface area contributed by atoms with Crippen LogP contribution in [0.2, 0.25) is 0 Å². The summed E-state index contributed by atoms with van der Waals surface area (Å²) in [5, 5.41) is 0. The topological polar surface area (TPSA) is 17.1 Å². The number of rotatable bonds is 5. The van der Waals surface area contributed by atoms with E-state index in [1.165, 1.54) is 6.07 Å². The van der Waals surface area contributed by atoms with E-state index in [0.717, 1.165) is 11.6 Å². The van der Waals surface area contributed by atoms with Crippen molar-refractivity contribution in [3.05, 3.63) is 69.7 Å². The van der Waals surface area contributed by atoms with Gasteiger partial charge < -0.3 is 0 Å². The third-order valence-electron chi connectivity index (χ3n) is 3.03. The number of benzene rings is 2. The van der Waals surface area contributed by atoms with Crippen LogP contribution >= 0.6 is 15.9 Å². The average Bonchev–Trinajstić information content (AvgIpc) is 2.44. The molecule has 104 valence electrons. The van der Waals surface area contributed by atoms with Gasteiger partial charge >= 0.3 is 0 Å². The molecule has 0 aliphatic heterocycles. The number of aryl methyl sites for hydroxylation is 1. The van der Waals surface area contributed by atoms with E-state index in [2.05, 4.69) is 15.9 Å². The molecule has 0 aliphatic rings. The molecule has 0 atom stereocenters. The van der Waals surface area contributed by atoms with Crippen LogP contribution in [0, 0.1) is 11.6 Å². The highest BCUT2D eigenvalue weighted by Crippen LogP contribution is 2.23. The second-order valence-electron chi connectivity index (χ2n) is 4.48. The van der Waals surface area contributed by atoms with E-state index in [0.29, 0.717) is 12.8 Å². The van der Waals surface area contributed by atoms with Crippen LogP contribution in [0.4, 0.5) is 8.78 Å². The summed E-state index contributed by atoms with van der Waals surface area (Å²) in [5.74, 6) is -2.14. The van der Waals surface area contributed by atoms with Crippen LogP contribution in [0.25, 0.3) is 0 Å². The predicted octanol–water partition coefficient (Wildman–Crippen LogP) is 4.93. The second-order valence-corrected chi connectivity index (χ2v) is 5.33. The van der Waals surface area contributed by atoms with Crippen molar-refractivity contribution in [3.63, 3.8) is 0 Å². The van der Waals surface area contributed by atoms with Crippen LogP contribution in [-0.2, 0) is 6.42 Å². The van der Waals surface area contributed by atoms with E-state index in [4.69, 9.17) is 0 Å².